The molecule has 0 fully saturated rings. The minimum absolute atomic E-state index is 0.0215. The molecule has 3 rings (SSSR count). The maximum absolute atomic E-state index is 13.9. The number of aromatic nitrogens is 3. The van der Waals surface area contributed by atoms with Gasteiger partial charge in [-0.15, -0.1) is 16.8 Å². The Morgan fingerprint density at radius 1 is 1.20 bits per heavy atom. The van der Waals surface area contributed by atoms with Crippen LogP contribution in [-0.4, -0.2) is 45.4 Å². The molecule has 9 nitrogen and oxygen atoms in total. The molecule has 0 aliphatic rings. The number of carbonyl (C=O) groups excluding carboxylic acids is 3. The van der Waals surface area contributed by atoms with E-state index < -0.39 is 23.7 Å². The zero-order chi connectivity index (χ0) is 25.4. The molecule has 2 N–H and O–H groups in total. The minimum Gasteiger partial charge on any atom is -0.465 e. The first-order valence-corrected chi connectivity index (χ1v) is 11.5. The van der Waals surface area contributed by atoms with Crippen molar-refractivity contribution in [2.24, 2.45) is 0 Å². The summed E-state index contributed by atoms with van der Waals surface area (Å²) < 4.78 is 20.3. The number of halogens is 1. The van der Waals surface area contributed by atoms with Gasteiger partial charge >= 0.3 is 5.97 Å². The summed E-state index contributed by atoms with van der Waals surface area (Å²) in [5, 5.41) is 14.2. The number of nitrogens with one attached hydrogen (secondary N) is 2. The molecule has 11 heteroatoms. The van der Waals surface area contributed by atoms with Gasteiger partial charge in [-0.05, 0) is 37.3 Å². The number of rotatable bonds is 10. The van der Waals surface area contributed by atoms with E-state index in [1.807, 2.05) is 0 Å². The van der Waals surface area contributed by atoms with Gasteiger partial charge in [0.1, 0.15) is 5.82 Å². The summed E-state index contributed by atoms with van der Waals surface area (Å²) in [6.07, 6.45) is 1.64. The van der Waals surface area contributed by atoms with Gasteiger partial charge in [0.15, 0.2) is 11.0 Å². The van der Waals surface area contributed by atoms with Crippen LogP contribution in [0.25, 0.3) is 0 Å². The number of esters is 1. The van der Waals surface area contributed by atoms with Gasteiger partial charge in [0, 0.05) is 12.2 Å². The Morgan fingerprint density at radius 3 is 2.69 bits per heavy atom. The molecule has 0 radical (unpaired) electrons. The average Bonchev–Trinajstić information content (AvgIpc) is 3.25. The van der Waals surface area contributed by atoms with Crippen LogP contribution < -0.4 is 10.6 Å². The molecule has 3 aromatic rings. The van der Waals surface area contributed by atoms with Crippen LogP contribution >= 0.6 is 11.8 Å². The summed E-state index contributed by atoms with van der Waals surface area (Å²) in [5.41, 5.74) is 0.702. The molecule has 1 aromatic heterocycles. The molecule has 2 amide bonds. The Balaban J connectivity index is 1.66. The van der Waals surface area contributed by atoms with E-state index in [-0.39, 0.29) is 17.2 Å². The predicted octanol–water partition coefficient (Wildman–Crippen LogP) is 3.61. The molecular weight excluding hydrogens is 473 g/mol. The van der Waals surface area contributed by atoms with Crippen LogP contribution in [0.4, 0.5) is 10.1 Å². The number of methoxy groups -OCH3 is 1. The lowest BCUT2D eigenvalue weighted by molar-refractivity contribution is -0.113. The molecule has 0 spiro atoms. The molecule has 0 saturated heterocycles. The summed E-state index contributed by atoms with van der Waals surface area (Å²) in [6, 6.07) is 11.5. The molecule has 182 valence electrons. The van der Waals surface area contributed by atoms with Crippen LogP contribution in [0, 0.1) is 5.82 Å². The highest BCUT2D eigenvalue weighted by Gasteiger charge is 2.21. The summed E-state index contributed by atoms with van der Waals surface area (Å²) in [7, 11) is 1.28. The first-order chi connectivity index (χ1) is 16.8. The molecule has 0 saturated carbocycles. The second kappa shape index (κ2) is 11.9. The number of amides is 2. The monoisotopic (exact) mass is 497 g/mol. The van der Waals surface area contributed by atoms with Crippen LogP contribution in [0.2, 0.25) is 0 Å². The van der Waals surface area contributed by atoms with E-state index in [9.17, 15) is 18.8 Å². The number of thioether (sulfide) groups is 1. The first kappa shape index (κ1) is 25.6. The standard InChI is InChI=1S/C24H24FN5O4S/c1-4-12-30-21(15(2)26-22(32)18-10-5-6-11-19(18)25)28-29-24(30)35-14-20(31)27-17-9-7-8-16(13-17)23(33)34-3/h4-11,13,15H,1,12,14H2,2-3H3,(H,26,32)(H,27,31)/t15-/m0/s1. The first-order valence-electron chi connectivity index (χ1n) is 10.5. The van der Waals surface area contributed by atoms with Gasteiger partial charge in [0.25, 0.3) is 5.91 Å². The zero-order valence-electron chi connectivity index (χ0n) is 19.2. The number of hydrogen-bond acceptors (Lipinski definition) is 7. The predicted molar refractivity (Wildman–Crippen MR) is 130 cm³/mol. The Hall–Kier alpha value is -3.99. The van der Waals surface area contributed by atoms with E-state index in [0.29, 0.717) is 28.8 Å². The van der Waals surface area contributed by atoms with Crippen LogP contribution in [-0.2, 0) is 16.1 Å². The normalized spacial score (nSPS) is 11.4. The quantitative estimate of drug-likeness (QED) is 0.250. The van der Waals surface area contributed by atoms with Crippen molar-refractivity contribution in [3.8, 4) is 0 Å². The van der Waals surface area contributed by atoms with Crippen LogP contribution in [0.5, 0.6) is 0 Å². The third-order valence-corrected chi connectivity index (χ3v) is 5.78. The third kappa shape index (κ3) is 6.54. The molecule has 1 heterocycles. The van der Waals surface area contributed by atoms with Crippen LogP contribution in [0.3, 0.4) is 0 Å². The fraction of sp³-hybridized carbons (Fsp3) is 0.208. The van der Waals surface area contributed by atoms with Crippen molar-refractivity contribution >= 4 is 35.2 Å². The van der Waals surface area contributed by atoms with Gasteiger partial charge in [-0.2, -0.15) is 0 Å². The fourth-order valence-electron chi connectivity index (χ4n) is 3.18. The van der Waals surface area contributed by atoms with Crippen molar-refractivity contribution in [2.45, 2.75) is 24.7 Å². The smallest absolute Gasteiger partial charge is 0.337 e. The topological polar surface area (TPSA) is 115 Å². The van der Waals surface area contributed by atoms with Crippen molar-refractivity contribution in [1.82, 2.24) is 20.1 Å². The molecule has 0 aliphatic carbocycles. The Labute approximate surface area is 205 Å². The SMILES string of the molecule is C=CCn1c(SCC(=O)Nc2cccc(C(=O)OC)c2)nnc1[C@H](C)NC(=O)c1ccccc1F. The Kier molecular flexibility index (Phi) is 8.74. The van der Waals surface area contributed by atoms with Gasteiger partial charge in [-0.1, -0.05) is 36.0 Å². The molecule has 0 aliphatic heterocycles. The van der Waals surface area contributed by atoms with Crippen molar-refractivity contribution in [1.29, 1.82) is 0 Å². The van der Waals surface area contributed by atoms with E-state index >= 15 is 0 Å². The highest BCUT2D eigenvalue weighted by Crippen LogP contribution is 2.22. The average molecular weight is 498 g/mol. The van der Waals surface area contributed by atoms with Gasteiger partial charge < -0.3 is 19.9 Å². The summed E-state index contributed by atoms with van der Waals surface area (Å²) in [5.74, 6) is -1.56. The summed E-state index contributed by atoms with van der Waals surface area (Å²) >= 11 is 1.15. The molecule has 2 aromatic carbocycles. The molecule has 0 bridgehead atoms. The maximum atomic E-state index is 13.9. The molecular formula is C24H24FN5O4S. The number of allylic oxidation sites excluding steroid dienone is 1. The molecule has 0 unspecified atom stereocenters. The van der Waals surface area contributed by atoms with Crippen LogP contribution in [0.1, 0.15) is 39.5 Å². The molecule has 35 heavy (non-hydrogen) atoms. The van der Waals surface area contributed by atoms with Crippen molar-refractivity contribution < 1.29 is 23.5 Å². The number of carbonyl (C=O) groups is 3. The number of nitrogens with zero attached hydrogens (tertiary/aromatic N) is 3. The van der Waals surface area contributed by atoms with E-state index in [0.717, 1.165) is 11.8 Å². The summed E-state index contributed by atoms with van der Waals surface area (Å²) in [6.45, 7) is 5.78. The second-order valence-corrected chi connectivity index (χ2v) is 8.27. The highest BCUT2D eigenvalue weighted by atomic mass is 32.2. The van der Waals surface area contributed by atoms with E-state index in [4.69, 9.17) is 0 Å². The lowest BCUT2D eigenvalue weighted by Crippen LogP contribution is -2.29. The van der Waals surface area contributed by atoms with Gasteiger partial charge in [0.2, 0.25) is 5.91 Å². The largest absolute Gasteiger partial charge is 0.465 e. The number of hydrogen-bond donors (Lipinski definition) is 2. The van der Waals surface area contributed by atoms with E-state index in [1.165, 1.54) is 31.4 Å². The third-order valence-electron chi connectivity index (χ3n) is 4.81. The van der Waals surface area contributed by atoms with Crippen molar-refractivity contribution in [3.05, 3.63) is 84.0 Å². The number of benzene rings is 2. The molecule has 1 atom stereocenters. The lowest BCUT2D eigenvalue weighted by Gasteiger charge is -2.15. The Bertz CT molecular complexity index is 1250. The Morgan fingerprint density at radius 2 is 1.97 bits per heavy atom. The van der Waals surface area contributed by atoms with Gasteiger partial charge in [-0.25, -0.2) is 9.18 Å². The van der Waals surface area contributed by atoms with E-state index in [1.54, 1.807) is 41.8 Å². The van der Waals surface area contributed by atoms with E-state index in [2.05, 4.69) is 32.1 Å². The van der Waals surface area contributed by atoms with Crippen molar-refractivity contribution in [3.63, 3.8) is 0 Å². The maximum Gasteiger partial charge on any atom is 0.337 e. The van der Waals surface area contributed by atoms with Crippen molar-refractivity contribution in [2.75, 3.05) is 18.2 Å². The second-order valence-electron chi connectivity index (χ2n) is 7.32. The minimum atomic E-state index is -0.621. The lowest BCUT2D eigenvalue weighted by atomic mass is 10.2. The zero-order valence-corrected chi connectivity index (χ0v) is 20.0. The number of anilines is 1. The van der Waals surface area contributed by atoms with Crippen LogP contribution in [0.15, 0.2) is 66.3 Å². The van der Waals surface area contributed by atoms with Gasteiger partial charge in [-0.3, -0.25) is 9.59 Å². The number of ether oxygens (including phenoxy) is 1. The van der Waals surface area contributed by atoms with Gasteiger partial charge in [0.05, 0.1) is 30.0 Å². The highest BCUT2D eigenvalue weighted by molar-refractivity contribution is 7.99. The fourth-order valence-corrected chi connectivity index (χ4v) is 3.94. The summed E-state index contributed by atoms with van der Waals surface area (Å²) in [4.78, 5) is 36.6.